The molecule has 0 bridgehead atoms. The fourth-order valence-corrected chi connectivity index (χ4v) is 5.36. The van der Waals surface area contributed by atoms with Crippen LogP contribution in [0.1, 0.15) is 60.8 Å². The summed E-state index contributed by atoms with van der Waals surface area (Å²) in [6.07, 6.45) is 8.44. The molecule has 0 saturated carbocycles. The number of benzene rings is 1. The number of carbonyl (C=O) groups is 1. The van der Waals surface area contributed by atoms with Gasteiger partial charge in [0.2, 0.25) is 0 Å². The number of rotatable bonds is 9. The van der Waals surface area contributed by atoms with Crippen LogP contribution >= 0.6 is 0 Å². The molecule has 2 aromatic rings. The molecule has 1 aromatic heterocycles. The molecule has 3 rings (SSSR count). The smallest absolute Gasteiger partial charge is 0.267 e. The molecule has 0 spiro atoms. The van der Waals surface area contributed by atoms with Crippen LogP contribution in [-0.4, -0.2) is 53.0 Å². The fraction of sp³-hybridized carbons (Fsp3) is 0.478. The number of hydrogen-bond donors (Lipinski definition) is 2. The van der Waals surface area contributed by atoms with E-state index in [2.05, 4.69) is 22.1 Å². The molecule has 0 unspecified atom stereocenters. The Hall–Kier alpha value is -2.49. The van der Waals surface area contributed by atoms with Crippen molar-refractivity contribution in [2.24, 2.45) is 0 Å². The number of carbonyl (C=O) groups excluding carboxylic acids is 1. The predicted octanol–water partition coefficient (Wildman–Crippen LogP) is 2.71. The summed E-state index contributed by atoms with van der Waals surface area (Å²) in [5.41, 5.74) is 6.41. The van der Waals surface area contributed by atoms with Gasteiger partial charge in [-0.25, -0.2) is 13.9 Å². The lowest BCUT2D eigenvalue weighted by molar-refractivity contribution is -0.124. The molecule has 8 nitrogen and oxygen atoms in total. The van der Waals surface area contributed by atoms with Crippen molar-refractivity contribution in [3.63, 3.8) is 0 Å². The molecule has 9 heteroatoms. The summed E-state index contributed by atoms with van der Waals surface area (Å²) in [6.45, 7) is 5.84. The van der Waals surface area contributed by atoms with Crippen molar-refractivity contribution in [1.29, 1.82) is 0 Å². The number of amides is 1. The highest BCUT2D eigenvalue weighted by molar-refractivity contribution is 7.89. The van der Waals surface area contributed by atoms with Gasteiger partial charge in [0.15, 0.2) is 0 Å². The molecule has 2 heterocycles. The predicted molar refractivity (Wildman–Crippen MR) is 124 cm³/mol. The summed E-state index contributed by atoms with van der Waals surface area (Å²) < 4.78 is 25.6. The quantitative estimate of drug-likeness (QED) is 0.339. The van der Waals surface area contributed by atoms with E-state index in [0.717, 1.165) is 54.9 Å². The van der Waals surface area contributed by atoms with Crippen LogP contribution in [0.2, 0.25) is 0 Å². The monoisotopic (exact) mass is 460 g/mol. The van der Waals surface area contributed by atoms with Crippen molar-refractivity contribution in [2.45, 2.75) is 52.0 Å². The first kappa shape index (κ1) is 24.2. The first-order chi connectivity index (χ1) is 15.3. The standard InChI is InChI=1S/C23H32N4O4S/c1-4-20-19(21(5-2)27(24-20)32(3,30)31)14-16-26-15-6-7-22(26)18-11-8-17(9-12-18)10-13-23(28)25-29/h8-13,22,29H,4-7,14-16H2,1-3H3,(H,25,28)/b13-10+/t22-/m0/s1. The lowest BCUT2D eigenvalue weighted by atomic mass is 10.0. The van der Waals surface area contributed by atoms with E-state index < -0.39 is 15.9 Å². The Labute approximate surface area is 189 Å². The number of aryl methyl sites for hydroxylation is 1. The summed E-state index contributed by atoms with van der Waals surface area (Å²) in [6, 6.07) is 8.40. The number of nitrogens with zero attached hydrogens (tertiary/aromatic N) is 3. The third kappa shape index (κ3) is 5.46. The zero-order valence-electron chi connectivity index (χ0n) is 18.9. The molecular formula is C23H32N4O4S. The molecule has 0 radical (unpaired) electrons. The highest BCUT2D eigenvalue weighted by Crippen LogP contribution is 2.32. The summed E-state index contributed by atoms with van der Waals surface area (Å²) in [5, 5.41) is 13.0. The average molecular weight is 461 g/mol. The topological polar surface area (TPSA) is 105 Å². The second kappa shape index (κ2) is 10.4. The van der Waals surface area contributed by atoms with Crippen LogP contribution < -0.4 is 5.48 Å². The summed E-state index contributed by atoms with van der Waals surface area (Å²) in [4.78, 5) is 13.6. The van der Waals surface area contributed by atoms with Gasteiger partial charge in [-0.1, -0.05) is 38.1 Å². The summed E-state index contributed by atoms with van der Waals surface area (Å²) in [7, 11) is -3.42. The third-order valence-corrected chi connectivity index (χ3v) is 6.92. The summed E-state index contributed by atoms with van der Waals surface area (Å²) >= 11 is 0. The maximum Gasteiger partial charge on any atom is 0.267 e. The van der Waals surface area contributed by atoms with Gasteiger partial charge in [0.1, 0.15) is 0 Å². The lowest BCUT2D eigenvalue weighted by Crippen LogP contribution is -2.26. The molecule has 2 N–H and O–H groups in total. The van der Waals surface area contributed by atoms with Crippen molar-refractivity contribution < 1.29 is 18.4 Å². The maximum absolute atomic E-state index is 12.2. The molecule has 1 amide bonds. The number of hydrogen-bond acceptors (Lipinski definition) is 6. The lowest BCUT2D eigenvalue weighted by Gasteiger charge is -2.25. The van der Waals surface area contributed by atoms with Crippen LogP contribution in [-0.2, 0) is 34.1 Å². The van der Waals surface area contributed by atoms with Gasteiger partial charge in [-0.05, 0) is 61.4 Å². The number of aromatic nitrogens is 2. The number of nitrogens with one attached hydrogen (secondary N) is 1. The van der Waals surface area contributed by atoms with Crippen molar-refractivity contribution in [3.05, 3.63) is 58.4 Å². The molecule has 32 heavy (non-hydrogen) atoms. The molecule has 1 atom stereocenters. The van der Waals surface area contributed by atoms with Gasteiger partial charge in [0, 0.05) is 18.7 Å². The molecule has 1 aliphatic rings. The van der Waals surface area contributed by atoms with Crippen LogP contribution in [0.15, 0.2) is 30.3 Å². The van der Waals surface area contributed by atoms with Gasteiger partial charge in [0.25, 0.3) is 15.9 Å². The highest BCUT2D eigenvalue weighted by atomic mass is 32.2. The van der Waals surface area contributed by atoms with E-state index in [1.54, 1.807) is 11.6 Å². The number of likely N-dealkylation sites (tertiary alicyclic amines) is 1. The minimum absolute atomic E-state index is 0.314. The average Bonchev–Trinajstić information content (AvgIpc) is 3.40. The van der Waals surface area contributed by atoms with E-state index >= 15 is 0 Å². The first-order valence-corrected chi connectivity index (χ1v) is 12.9. The molecule has 1 aromatic carbocycles. The van der Waals surface area contributed by atoms with Gasteiger partial charge >= 0.3 is 0 Å². The molecule has 174 valence electrons. The Morgan fingerprint density at radius 3 is 2.56 bits per heavy atom. The first-order valence-electron chi connectivity index (χ1n) is 11.0. The molecular weight excluding hydrogens is 428 g/mol. The fourth-order valence-electron chi connectivity index (χ4n) is 4.47. The minimum Gasteiger partial charge on any atom is -0.296 e. The van der Waals surface area contributed by atoms with E-state index in [4.69, 9.17) is 5.21 Å². The van der Waals surface area contributed by atoms with Crippen molar-refractivity contribution in [1.82, 2.24) is 19.6 Å². The van der Waals surface area contributed by atoms with Crippen LogP contribution in [0.25, 0.3) is 6.08 Å². The van der Waals surface area contributed by atoms with Crippen LogP contribution in [0.4, 0.5) is 0 Å². The van der Waals surface area contributed by atoms with E-state index in [1.807, 2.05) is 26.0 Å². The van der Waals surface area contributed by atoms with E-state index in [9.17, 15) is 13.2 Å². The van der Waals surface area contributed by atoms with E-state index in [0.29, 0.717) is 18.9 Å². The molecule has 0 aliphatic carbocycles. The maximum atomic E-state index is 12.2. The second-order valence-electron chi connectivity index (χ2n) is 8.11. The normalized spacial score (nSPS) is 17.3. The Morgan fingerprint density at radius 2 is 1.97 bits per heavy atom. The van der Waals surface area contributed by atoms with Crippen molar-refractivity contribution in [3.8, 4) is 0 Å². The Balaban J connectivity index is 1.74. The van der Waals surface area contributed by atoms with Crippen molar-refractivity contribution in [2.75, 3.05) is 19.3 Å². The zero-order chi connectivity index (χ0) is 23.3. The van der Waals surface area contributed by atoms with Gasteiger partial charge in [-0.15, -0.1) is 0 Å². The Kier molecular flexibility index (Phi) is 7.86. The van der Waals surface area contributed by atoms with Gasteiger partial charge < -0.3 is 0 Å². The Bertz CT molecular complexity index is 1070. The zero-order valence-corrected chi connectivity index (χ0v) is 19.7. The van der Waals surface area contributed by atoms with Crippen molar-refractivity contribution >= 4 is 22.0 Å². The second-order valence-corrected chi connectivity index (χ2v) is 9.92. The van der Waals surface area contributed by atoms with Gasteiger partial charge in [0.05, 0.1) is 17.6 Å². The largest absolute Gasteiger partial charge is 0.296 e. The van der Waals surface area contributed by atoms with Crippen LogP contribution in [0.3, 0.4) is 0 Å². The number of hydroxylamine groups is 1. The van der Waals surface area contributed by atoms with E-state index in [-0.39, 0.29) is 0 Å². The molecule has 1 fully saturated rings. The molecule has 1 saturated heterocycles. The van der Waals surface area contributed by atoms with Crippen LogP contribution in [0.5, 0.6) is 0 Å². The third-order valence-electron chi connectivity index (χ3n) is 5.99. The van der Waals surface area contributed by atoms with Crippen LogP contribution in [0, 0.1) is 0 Å². The Morgan fingerprint density at radius 1 is 1.25 bits per heavy atom. The highest BCUT2D eigenvalue weighted by Gasteiger charge is 2.27. The van der Waals surface area contributed by atoms with Gasteiger partial charge in [-0.2, -0.15) is 9.19 Å². The van der Waals surface area contributed by atoms with Gasteiger partial charge in [-0.3, -0.25) is 14.9 Å². The molecule has 1 aliphatic heterocycles. The summed E-state index contributed by atoms with van der Waals surface area (Å²) in [5.74, 6) is -0.562. The van der Waals surface area contributed by atoms with E-state index in [1.165, 1.54) is 22.0 Å². The minimum atomic E-state index is -3.42. The SMILES string of the molecule is CCc1nn(S(C)(=O)=O)c(CC)c1CCN1CCC[C@H]1c1ccc(/C=C/C(=O)NO)cc1.